The van der Waals surface area contributed by atoms with Gasteiger partial charge in [0.05, 0.1) is 21.5 Å². The first-order valence-corrected chi connectivity index (χ1v) is 5.96. The van der Waals surface area contributed by atoms with Gasteiger partial charge in [0.1, 0.15) is 11.6 Å². The van der Waals surface area contributed by atoms with Gasteiger partial charge in [-0.25, -0.2) is 26.3 Å². The molecule has 0 aliphatic carbocycles. The minimum absolute atomic E-state index is 1.64. The van der Waals surface area contributed by atoms with Gasteiger partial charge in [-0.2, -0.15) is 8.78 Å². The normalized spacial score (nSPS) is 11.7. The van der Waals surface area contributed by atoms with E-state index in [-0.39, 0.29) is 0 Å². The summed E-state index contributed by atoms with van der Waals surface area (Å²) in [5, 5.41) is 11.5. The monoisotopic (exact) mass is 354 g/mol. The van der Waals surface area contributed by atoms with Gasteiger partial charge in [0.2, 0.25) is 11.6 Å². The number of benzene rings is 3. The Morgan fingerprint density at radius 1 is 0.333 bits per heavy atom. The summed E-state index contributed by atoms with van der Waals surface area (Å²) in [5.74, 6) is -22.0. The van der Waals surface area contributed by atoms with Crippen LogP contribution in [-0.2, 0) is 0 Å². The molecule has 0 aliphatic heterocycles. The minimum Gasteiger partial charge on any atom is -0.504 e. The molecule has 0 saturated heterocycles. The van der Waals surface area contributed by atoms with Crippen molar-refractivity contribution in [2.45, 2.75) is 0 Å². The van der Waals surface area contributed by atoms with Gasteiger partial charge >= 0.3 is 0 Å². The number of rotatable bonds is 0. The summed E-state index contributed by atoms with van der Waals surface area (Å²) in [7, 11) is 0. The number of hydrogen-bond acceptors (Lipinski definition) is 2. The predicted molar refractivity (Wildman–Crippen MR) is 64.4 cm³/mol. The molecule has 0 aliphatic rings. The second-order valence-electron chi connectivity index (χ2n) is 4.71. The molecule has 3 aromatic carbocycles. The topological polar surface area (TPSA) is 40.5 Å². The Bertz CT molecular complexity index is 896. The molecule has 0 fully saturated rings. The van der Waals surface area contributed by atoms with Crippen molar-refractivity contribution < 1.29 is 45.3 Å². The van der Waals surface area contributed by atoms with E-state index in [0.29, 0.717) is 0 Å². The first-order chi connectivity index (χ1) is 11.1. The third-order valence-electron chi connectivity index (χ3n) is 3.48. The maximum atomic E-state index is 14.3. The van der Waals surface area contributed by atoms with Crippen LogP contribution in [0.1, 0.15) is 0 Å². The van der Waals surface area contributed by atoms with E-state index in [4.69, 9.17) is 5.11 Å². The lowest BCUT2D eigenvalue weighted by molar-refractivity contribution is 0.379. The molecule has 0 bridgehead atoms. The standard InChI is InChI=1S/C14H2F8O2/c15-5-1-2(9(19)14(24)11(21)8(1)18)6(16)4-3(5)7(17)10(20)12(22)13(4)23/h23-24H. The van der Waals surface area contributed by atoms with Crippen LogP contribution in [0.15, 0.2) is 0 Å². The summed E-state index contributed by atoms with van der Waals surface area (Å²) in [4.78, 5) is 0. The minimum atomic E-state index is -2.40. The Hall–Kier alpha value is -2.78. The Balaban J connectivity index is 2.82. The zero-order valence-electron chi connectivity index (χ0n) is 10.9. The Morgan fingerprint density at radius 3 is 1.29 bits per heavy atom. The number of aromatic hydroxyl groups is 2. The second kappa shape index (κ2) is 4.86. The summed E-state index contributed by atoms with van der Waals surface area (Å²) < 4.78 is 110. The number of hydrogen-bond donors (Lipinski definition) is 2. The molecule has 3 rings (SSSR count). The van der Waals surface area contributed by atoms with Crippen LogP contribution in [0.2, 0.25) is 0 Å². The molecule has 126 valence electrons. The molecule has 2 N–H and O–H groups in total. The average Bonchev–Trinajstić information content (AvgIpc) is 2.55. The first-order valence-electron chi connectivity index (χ1n) is 5.96. The van der Waals surface area contributed by atoms with E-state index in [9.17, 15) is 40.2 Å². The van der Waals surface area contributed by atoms with Crippen molar-refractivity contribution in [3.63, 3.8) is 0 Å². The smallest absolute Gasteiger partial charge is 0.204 e. The summed E-state index contributed by atoms with van der Waals surface area (Å²) in [5.41, 5.74) is 0. The van der Waals surface area contributed by atoms with Crippen molar-refractivity contribution in [3.05, 3.63) is 46.5 Å². The highest BCUT2D eigenvalue weighted by Crippen LogP contribution is 2.43. The molecule has 10 heteroatoms. The second-order valence-corrected chi connectivity index (χ2v) is 4.71. The van der Waals surface area contributed by atoms with Crippen molar-refractivity contribution in [2.24, 2.45) is 0 Å². The zero-order valence-corrected chi connectivity index (χ0v) is 10.9. The van der Waals surface area contributed by atoms with Crippen LogP contribution in [-0.4, -0.2) is 10.2 Å². The third-order valence-corrected chi connectivity index (χ3v) is 3.48. The Kier molecular flexibility index (Phi) is 3.26. The van der Waals surface area contributed by atoms with Gasteiger partial charge in [-0.05, 0) is 0 Å². The maximum Gasteiger partial charge on any atom is 0.204 e. The molecular weight excluding hydrogens is 352 g/mol. The number of halogens is 8. The molecule has 0 saturated carbocycles. The highest BCUT2D eigenvalue weighted by molar-refractivity contribution is 6.03. The van der Waals surface area contributed by atoms with Crippen LogP contribution in [0.4, 0.5) is 35.1 Å². The highest BCUT2D eigenvalue weighted by atomic mass is 19.2. The Labute approximate surface area is 126 Å². The number of phenolic OH excluding ortho intramolecular Hbond substituents is 2. The molecule has 0 aromatic heterocycles. The molecule has 2 nitrogen and oxygen atoms in total. The van der Waals surface area contributed by atoms with Gasteiger partial charge in [0.15, 0.2) is 34.8 Å². The van der Waals surface area contributed by atoms with Crippen LogP contribution in [0.3, 0.4) is 0 Å². The van der Waals surface area contributed by atoms with Gasteiger partial charge in [-0.3, -0.25) is 0 Å². The number of fused-ring (bicyclic) bond motifs is 2. The molecule has 0 radical (unpaired) electrons. The van der Waals surface area contributed by atoms with Crippen molar-refractivity contribution in [3.8, 4) is 11.5 Å². The average molecular weight is 354 g/mol. The van der Waals surface area contributed by atoms with E-state index >= 15 is 0 Å². The fourth-order valence-corrected chi connectivity index (χ4v) is 2.38. The summed E-state index contributed by atoms with van der Waals surface area (Å²) >= 11 is 0. The maximum absolute atomic E-state index is 14.3. The van der Waals surface area contributed by atoms with Crippen LogP contribution in [0.25, 0.3) is 21.5 Å². The van der Waals surface area contributed by atoms with E-state index in [2.05, 4.69) is 0 Å². The molecule has 0 amide bonds. The van der Waals surface area contributed by atoms with Gasteiger partial charge in [0.25, 0.3) is 0 Å². The van der Waals surface area contributed by atoms with Gasteiger partial charge in [-0.15, -0.1) is 0 Å². The van der Waals surface area contributed by atoms with Gasteiger partial charge < -0.3 is 10.2 Å². The van der Waals surface area contributed by atoms with E-state index in [0.717, 1.165) is 0 Å². The van der Waals surface area contributed by atoms with Crippen LogP contribution < -0.4 is 0 Å². The molecular formula is C14H2F8O2. The van der Waals surface area contributed by atoms with Crippen molar-refractivity contribution in [1.29, 1.82) is 0 Å². The lowest BCUT2D eigenvalue weighted by Gasteiger charge is -2.13. The quantitative estimate of drug-likeness (QED) is 0.270. The van der Waals surface area contributed by atoms with Crippen LogP contribution in [0.5, 0.6) is 11.5 Å². The molecule has 0 unspecified atom stereocenters. The van der Waals surface area contributed by atoms with E-state index in [1.807, 2.05) is 0 Å². The number of phenols is 2. The molecule has 0 atom stereocenters. The van der Waals surface area contributed by atoms with Gasteiger partial charge in [-0.1, -0.05) is 0 Å². The molecule has 0 spiro atoms. The zero-order chi connectivity index (χ0) is 18.1. The summed E-state index contributed by atoms with van der Waals surface area (Å²) in [6, 6.07) is 0. The Morgan fingerprint density at radius 2 is 0.708 bits per heavy atom. The molecule has 3 aromatic rings. The lowest BCUT2D eigenvalue weighted by Crippen LogP contribution is -2.03. The fourth-order valence-electron chi connectivity index (χ4n) is 2.38. The SMILES string of the molecule is Oc1c(F)c(F)c2c(F)c3c(F)c(F)c(F)c(O)c3c(F)c2c1F. The van der Waals surface area contributed by atoms with Crippen molar-refractivity contribution >= 4 is 21.5 Å². The summed E-state index contributed by atoms with van der Waals surface area (Å²) in [6.45, 7) is 0. The van der Waals surface area contributed by atoms with E-state index < -0.39 is 79.6 Å². The largest absolute Gasteiger partial charge is 0.504 e. The predicted octanol–water partition coefficient (Wildman–Crippen LogP) is 4.52. The van der Waals surface area contributed by atoms with Crippen LogP contribution >= 0.6 is 0 Å². The van der Waals surface area contributed by atoms with Crippen molar-refractivity contribution in [1.82, 2.24) is 0 Å². The van der Waals surface area contributed by atoms with Gasteiger partial charge in [0, 0.05) is 0 Å². The molecule has 24 heavy (non-hydrogen) atoms. The molecule has 0 heterocycles. The first kappa shape index (κ1) is 16.1. The van der Waals surface area contributed by atoms with Crippen molar-refractivity contribution in [2.75, 3.05) is 0 Å². The fraction of sp³-hybridized carbons (Fsp3) is 0. The highest BCUT2D eigenvalue weighted by Gasteiger charge is 2.32. The lowest BCUT2D eigenvalue weighted by atomic mass is 9.98. The van der Waals surface area contributed by atoms with Crippen LogP contribution in [0, 0.1) is 46.5 Å². The van der Waals surface area contributed by atoms with E-state index in [1.54, 1.807) is 0 Å². The third kappa shape index (κ3) is 1.70. The summed E-state index contributed by atoms with van der Waals surface area (Å²) in [6.07, 6.45) is 0. The van der Waals surface area contributed by atoms with E-state index in [1.165, 1.54) is 0 Å².